The van der Waals surface area contributed by atoms with Gasteiger partial charge in [-0.1, -0.05) is 18.2 Å². The molecule has 0 radical (unpaired) electrons. The third kappa shape index (κ3) is 3.12. The highest BCUT2D eigenvalue weighted by atomic mass is 35.5. The predicted octanol–water partition coefficient (Wildman–Crippen LogP) is 2.44. The van der Waals surface area contributed by atoms with Crippen molar-refractivity contribution in [2.45, 2.75) is 44.2 Å². The Morgan fingerprint density at radius 2 is 1.85 bits per heavy atom. The first kappa shape index (κ1) is 19.2. The second-order valence-corrected chi connectivity index (χ2v) is 7.87. The van der Waals surface area contributed by atoms with E-state index in [-0.39, 0.29) is 42.2 Å². The van der Waals surface area contributed by atoms with E-state index in [4.69, 9.17) is 5.73 Å². The summed E-state index contributed by atoms with van der Waals surface area (Å²) in [4.78, 5) is 29.7. The van der Waals surface area contributed by atoms with Gasteiger partial charge >= 0.3 is 0 Å². The fourth-order valence-electron chi connectivity index (χ4n) is 5.17. The highest BCUT2D eigenvalue weighted by Crippen LogP contribution is 2.48. The molecule has 1 heterocycles. The summed E-state index contributed by atoms with van der Waals surface area (Å²) in [6, 6.07) is 9.33. The third-order valence-corrected chi connectivity index (χ3v) is 6.56. The molecule has 5 atom stereocenters. The van der Waals surface area contributed by atoms with Crippen LogP contribution < -0.4 is 10.6 Å². The number of nitrogens with zero attached hydrogens (tertiary/aromatic N) is 2. The molecule has 3 aliphatic rings. The summed E-state index contributed by atoms with van der Waals surface area (Å²) < 4.78 is 0. The molecule has 2 saturated carbocycles. The molecule has 5 unspecified atom stereocenters. The molecule has 1 aliphatic heterocycles. The summed E-state index contributed by atoms with van der Waals surface area (Å²) in [7, 11) is 1.79. The van der Waals surface area contributed by atoms with Crippen LogP contribution >= 0.6 is 12.4 Å². The van der Waals surface area contributed by atoms with Crippen LogP contribution in [-0.2, 0) is 9.59 Å². The highest BCUT2D eigenvalue weighted by Gasteiger charge is 2.51. The molecule has 26 heavy (non-hydrogen) atoms. The first-order valence-electron chi connectivity index (χ1n) is 9.46. The number of hydrogen-bond acceptors (Lipinski definition) is 3. The first-order chi connectivity index (χ1) is 12.1. The van der Waals surface area contributed by atoms with Gasteiger partial charge in [0.1, 0.15) is 6.04 Å². The lowest BCUT2D eigenvalue weighted by molar-refractivity contribution is -0.143. The minimum absolute atomic E-state index is 0. The Kier molecular flexibility index (Phi) is 5.58. The Hall–Kier alpha value is -1.59. The van der Waals surface area contributed by atoms with E-state index >= 15 is 0 Å². The van der Waals surface area contributed by atoms with E-state index in [1.807, 2.05) is 35.2 Å². The van der Waals surface area contributed by atoms with Gasteiger partial charge in [0, 0.05) is 25.3 Å². The van der Waals surface area contributed by atoms with Gasteiger partial charge in [-0.25, -0.2) is 0 Å². The number of para-hydroxylation sites is 1. The maximum atomic E-state index is 13.1. The zero-order chi connectivity index (χ0) is 17.6. The number of piperidine rings is 1. The van der Waals surface area contributed by atoms with Gasteiger partial charge in [0.15, 0.2) is 0 Å². The fourth-order valence-corrected chi connectivity index (χ4v) is 5.17. The van der Waals surface area contributed by atoms with Crippen LogP contribution in [0.2, 0.25) is 0 Å². The number of likely N-dealkylation sites (N-methyl/N-ethyl adjacent to an activating group) is 1. The molecule has 4 rings (SSSR count). The van der Waals surface area contributed by atoms with Crippen molar-refractivity contribution in [2.24, 2.45) is 23.5 Å². The van der Waals surface area contributed by atoms with Crippen LogP contribution in [0.1, 0.15) is 32.1 Å². The van der Waals surface area contributed by atoms with E-state index < -0.39 is 0 Å². The molecule has 2 aliphatic carbocycles. The molecule has 0 aromatic heterocycles. The minimum Gasteiger partial charge on any atom is -0.333 e. The largest absolute Gasteiger partial charge is 0.333 e. The van der Waals surface area contributed by atoms with Gasteiger partial charge < -0.3 is 15.5 Å². The van der Waals surface area contributed by atoms with Crippen LogP contribution in [0.3, 0.4) is 0 Å². The highest BCUT2D eigenvalue weighted by molar-refractivity contribution is 6.00. The molecule has 6 heteroatoms. The second kappa shape index (κ2) is 7.57. The fraction of sp³-hybridized carbons (Fsp3) is 0.600. The number of carbonyl (C=O) groups excluding carboxylic acids is 2. The van der Waals surface area contributed by atoms with Crippen molar-refractivity contribution in [1.29, 1.82) is 0 Å². The van der Waals surface area contributed by atoms with Crippen LogP contribution in [0, 0.1) is 17.8 Å². The first-order valence-corrected chi connectivity index (χ1v) is 9.46. The van der Waals surface area contributed by atoms with Gasteiger partial charge in [-0.2, -0.15) is 0 Å². The summed E-state index contributed by atoms with van der Waals surface area (Å²) >= 11 is 0. The van der Waals surface area contributed by atoms with Gasteiger partial charge in [0.05, 0.1) is 5.92 Å². The average Bonchev–Trinajstić information content (AvgIpc) is 3.23. The zero-order valence-electron chi connectivity index (χ0n) is 15.2. The molecule has 1 saturated heterocycles. The summed E-state index contributed by atoms with van der Waals surface area (Å²) in [6.07, 6.45) is 4.99. The maximum Gasteiger partial charge on any atom is 0.249 e. The monoisotopic (exact) mass is 377 g/mol. The normalized spacial score (nSPS) is 33.1. The van der Waals surface area contributed by atoms with E-state index in [0.717, 1.165) is 44.3 Å². The number of amides is 2. The number of fused-ring (bicyclic) bond motifs is 2. The molecular formula is C20H28ClN3O2. The Labute approximate surface area is 161 Å². The van der Waals surface area contributed by atoms with E-state index in [2.05, 4.69) is 0 Å². The number of anilines is 1. The van der Waals surface area contributed by atoms with Crippen LogP contribution in [-0.4, -0.2) is 42.4 Å². The SMILES string of the molecule is CN(C(=O)C1C2CCC(C2)C1N)C1CCCN(c2ccccc2)C1=O.Cl. The van der Waals surface area contributed by atoms with Crippen molar-refractivity contribution in [3.05, 3.63) is 30.3 Å². The average molecular weight is 378 g/mol. The lowest BCUT2D eigenvalue weighted by Gasteiger charge is -2.39. The number of carbonyl (C=O) groups is 2. The smallest absolute Gasteiger partial charge is 0.249 e. The van der Waals surface area contributed by atoms with Crippen LogP contribution in [0.15, 0.2) is 30.3 Å². The molecule has 2 N–H and O–H groups in total. The van der Waals surface area contributed by atoms with Crippen LogP contribution in [0.5, 0.6) is 0 Å². The molecule has 5 nitrogen and oxygen atoms in total. The summed E-state index contributed by atoms with van der Waals surface area (Å²) in [6.45, 7) is 0.717. The van der Waals surface area contributed by atoms with Crippen molar-refractivity contribution in [1.82, 2.24) is 4.90 Å². The number of halogens is 1. The van der Waals surface area contributed by atoms with E-state index in [1.54, 1.807) is 11.9 Å². The summed E-state index contributed by atoms with van der Waals surface area (Å²) in [5.74, 6) is 0.927. The van der Waals surface area contributed by atoms with Crippen LogP contribution in [0.4, 0.5) is 5.69 Å². The van der Waals surface area contributed by atoms with Crippen molar-refractivity contribution in [3.63, 3.8) is 0 Å². The van der Waals surface area contributed by atoms with Crippen molar-refractivity contribution in [3.8, 4) is 0 Å². The molecule has 142 valence electrons. The molecule has 0 spiro atoms. The Balaban J connectivity index is 0.00000196. The Bertz CT molecular complexity index is 666. The quantitative estimate of drug-likeness (QED) is 0.879. The second-order valence-electron chi connectivity index (χ2n) is 7.87. The predicted molar refractivity (Wildman–Crippen MR) is 104 cm³/mol. The zero-order valence-corrected chi connectivity index (χ0v) is 16.0. The van der Waals surface area contributed by atoms with E-state index in [0.29, 0.717) is 11.8 Å². The standard InChI is InChI=1S/C20H27N3O2.ClH/c1-22(20(25)17-13-9-10-14(12-13)18(17)21)16-8-5-11-23(19(16)24)15-6-3-2-4-7-15;/h2-4,6-7,13-14,16-18H,5,8-12,21H2,1H3;1H. The number of nitrogens with two attached hydrogens (primary N) is 1. The number of rotatable bonds is 3. The van der Waals surface area contributed by atoms with E-state index in [9.17, 15) is 9.59 Å². The maximum absolute atomic E-state index is 13.1. The summed E-state index contributed by atoms with van der Waals surface area (Å²) in [5.41, 5.74) is 7.25. The number of hydrogen-bond donors (Lipinski definition) is 1. The number of benzene rings is 1. The Morgan fingerprint density at radius 1 is 1.15 bits per heavy atom. The lowest BCUT2D eigenvalue weighted by atomic mass is 9.83. The lowest BCUT2D eigenvalue weighted by Crippen LogP contribution is -2.56. The van der Waals surface area contributed by atoms with Gasteiger partial charge in [0.2, 0.25) is 11.8 Å². The van der Waals surface area contributed by atoms with Crippen molar-refractivity contribution in [2.75, 3.05) is 18.5 Å². The molecular weight excluding hydrogens is 350 g/mol. The molecule has 1 aromatic rings. The third-order valence-electron chi connectivity index (χ3n) is 6.56. The van der Waals surface area contributed by atoms with Crippen LogP contribution in [0.25, 0.3) is 0 Å². The van der Waals surface area contributed by atoms with Crippen molar-refractivity contribution >= 4 is 29.9 Å². The van der Waals surface area contributed by atoms with Gasteiger partial charge in [-0.15, -0.1) is 12.4 Å². The van der Waals surface area contributed by atoms with Gasteiger partial charge in [0.25, 0.3) is 0 Å². The molecule has 1 aromatic carbocycles. The van der Waals surface area contributed by atoms with E-state index in [1.165, 1.54) is 0 Å². The Morgan fingerprint density at radius 3 is 2.50 bits per heavy atom. The molecule has 2 bridgehead atoms. The minimum atomic E-state index is -0.368. The van der Waals surface area contributed by atoms with Gasteiger partial charge in [-0.3, -0.25) is 9.59 Å². The molecule has 2 amide bonds. The topological polar surface area (TPSA) is 66.6 Å². The van der Waals surface area contributed by atoms with Crippen molar-refractivity contribution < 1.29 is 9.59 Å². The van der Waals surface area contributed by atoms with Gasteiger partial charge in [-0.05, 0) is 56.1 Å². The molecule has 3 fully saturated rings. The summed E-state index contributed by atoms with van der Waals surface area (Å²) in [5, 5.41) is 0.